The minimum atomic E-state index is -0.657. The first kappa shape index (κ1) is 13.5. The lowest BCUT2D eigenvalue weighted by molar-refractivity contribution is 0.468. The Bertz CT molecular complexity index is 534. The van der Waals surface area contributed by atoms with Crippen LogP contribution in [0.25, 0.3) is 0 Å². The fourth-order valence-corrected chi connectivity index (χ4v) is 1.71. The van der Waals surface area contributed by atoms with E-state index < -0.39 is 11.6 Å². The van der Waals surface area contributed by atoms with Crippen LogP contribution in [0.15, 0.2) is 42.5 Å². The summed E-state index contributed by atoms with van der Waals surface area (Å²) in [4.78, 5) is 0. The van der Waals surface area contributed by atoms with Crippen molar-refractivity contribution < 1.29 is 13.5 Å². The highest BCUT2D eigenvalue weighted by atomic mass is 19.1. The number of hydrogen-bond donors (Lipinski definition) is 1. The molecule has 2 rings (SSSR count). The van der Waals surface area contributed by atoms with Gasteiger partial charge in [-0.25, -0.2) is 8.78 Å². The number of nitrogens with one attached hydrogen (secondary N) is 1. The Morgan fingerprint density at radius 3 is 2.05 bits per heavy atom. The topological polar surface area (TPSA) is 21.3 Å². The van der Waals surface area contributed by atoms with Gasteiger partial charge in [-0.2, -0.15) is 0 Å². The zero-order chi connectivity index (χ0) is 13.8. The number of benzene rings is 2. The molecule has 0 spiro atoms. The number of rotatable bonds is 4. The van der Waals surface area contributed by atoms with Crippen LogP contribution in [0.1, 0.15) is 18.5 Å². The van der Waals surface area contributed by atoms with Crippen molar-refractivity contribution in [2.24, 2.45) is 0 Å². The van der Waals surface area contributed by atoms with E-state index in [4.69, 9.17) is 4.74 Å². The van der Waals surface area contributed by atoms with Gasteiger partial charge in [0, 0.05) is 24.2 Å². The quantitative estimate of drug-likeness (QED) is 0.899. The van der Waals surface area contributed by atoms with Crippen molar-refractivity contribution >= 4 is 0 Å². The summed E-state index contributed by atoms with van der Waals surface area (Å²) in [6.07, 6.45) is 0. The zero-order valence-electron chi connectivity index (χ0n) is 10.8. The molecule has 0 fully saturated rings. The fourth-order valence-electron chi connectivity index (χ4n) is 1.71. The highest BCUT2D eigenvalue weighted by molar-refractivity contribution is 5.34. The minimum absolute atomic E-state index is 0.145. The summed E-state index contributed by atoms with van der Waals surface area (Å²) in [6, 6.07) is 10.7. The molecule has 1 N–H and O–H groups in total. The molecule has 0 bridgehead atoms. The molecule has 2 nitrogen and oxygen atoms in total. The Labute approximate surface area is 111 Å². The number of ether oxygens (including phenoxy) is 1. The van der Waals surface area contributed by atoms with E-state index >= 15 is 0 Å². The number of halogens is 2. The second-order valence-electron chi connectivity index (χ2n) is 4.29. The third kappa shape index (κ3) is 3.51. The van der Waals surface area contributed by atoms with E-state index in [1.54, 1.807) is 12.1 Å². The van der Waals surface area contributed by atoms with Crippen LogP contribution in [0.4, 0.5) is 8.78 Å². The maximum absolute atomic E-state index is 13.0. The Balaban J connectivity index is 2.15. The SMILES string of the molecule is CNC(C)c1ccc(Oc2cc(F)cc(F)c2)cc1. The fraction of sp³-hybridized carbons (Fsp3) is 0.200. The molecule has 1 unspecified atom stereocenters. The molecule has 0 saturated heterocycles. The van der Waals surface area contributed by atoms with Gasteiger partial charge < -0.3 is 10.1 Å². The smallest absolute Gasteiger partial charge is 0.133 e. The molecule has 2 aromatic carbocycles. The first-order valence-corrected chi connectivity index (χ1v) is 5.99. The molecule has 0 saturated carbocycles. The molecule has 0 aliphatic heterocycles. The van der Waals surface area contributed by atoms with Crippen LogP contribution < -0.4 is 10.1 Å². The second kappa shape index (κ2) is 5.80. The molecule has 2 aromatic rings. The lowest BCUT2D eigenvalue weighted by atomic mass is 10.1. The second-order valence-corrected chi connectivity index (χ2v) is 4.29. The summed E-state index contributed by atoms with van der Waals surface area (Å²) in [6.45, 7) is 2.04. The van der Waals surface area contributed by atoms with Gasteiger partial charge in [0.25, 0.3) is 0 Å². The molecule has 0 aliphatic carbocycles. The number of hydrogen-bond acceptors (Lipinski definition) is 2. The van der Waals surface area contributed by atoms with Crippen molar-refractivity contribution in [2.45, 2.75) is 13.0 Å². The summed E-state index contributed by atoms with van der Waals surface area (Å²) in [7, 11) is 1.88. The monoisotopic (exact) mass is 263 g/mol. The van der Waals surface area contributed by atoms with E-state index in [0.29, 0.717) is 5.75 Å². The summed E-state index contributed by atoms with van der Waals surface area (Å²) in [5.41, 5.74) is 1.11. The third-order valence-electron chi connectivity index (χ3n) is 2.88. The Kier molecular flexibility index (Phi) is 4.12. The lowest BCUT2D eigenvalue weighted by Crippen LogP contribution is -2.11. The van der Waals surface area contributed by atoms with Gasteiger partial charge in [0.05, 0.1) is 0 Å². The van der Waals surface area contributed by atoms with Crippen LogP contribution in [-0.4, -0.2) is 7.05 Å². The average molecular weight is 263 g/mol. The molecule has 4 heteroatoms. The van der Waals surface area contributed by atoms with E-state index in [1.165, 1.54) is 0 Å². The largest absolute Gasteiger partial charge is 0.457 e. The predicted octanol–water partition coefficient (Wildman–Crippen LogP) is 4.04. The van der Waals surface area contributed by atoms with Crippen LogP contribution in [0.5, 0.6) is 11.5 Å². The van der Waals surface area contributed by atoms with E-state index in [2.05, 4.69) is 5.32 Å². The van der Waals surface area contributed by atoms with E-state index in [0.717, 1.165) is 23.8 Å². The van der Waals surface area contributed by atoms with Crippen LogP contribution in [0.3, 0.4) is 0 Å². The molecular formula is C15H15F2NO. The Hall–Kier alpha value is -1.94. The van der Waals surface area contributed by atoms with Crippen molar-refractivity contribution in [3.05, 3.63) is 59.7 Å². The standard InChI is InChI=1S/C15H15F2NO/c1-10(18-2)11-3-5-14(6-4-11)19-15-8-12(16)7-13(17)9-15/h3-10,18H,1-2H3. The molecule has 0 amide bonds. The first-order valence-electron chi connectivity index (χ1n) is 5.99. The van der Waals surface area contributed by atoms with E-state index in [-0.39, 0.29) is 11.8 Å². The predicted molar refractivity (Wildman–Crippen MR) is 70.3 cm³/mol. The van der Waals surface area contributed by atoms with Crippen LogP contribution in [-0.2, 0) is 0 Å². The van der Waals surface area contributed by atoms with Gasteiger partial charge in [0.15, 0.2) is 0 Å². The molecule has 0 radical (unpaired) electrons. The third-order valence-corrected chi connectivity index (χ3v) is 2.88. The molecule has 19 heavy (non-hydrogen) atoms. The molecule has 0 heterocycles. The highest BCUT2D eigenvalue weighted by Gasteiger charge is 2.05. The van der Waals surface area contributed by atoms with Gasteiger partial charge in [-0.3, -0.25) is 0 Å². The van der Waals surface area contributed by atoms with Crippen molar-refractivity contribution in [3.63, 3.8) is 0 Å². The van der Waals surface area contributed by atoms with Crippen LogP contribution in [0.2, 0.25) is 0 Å². The molecular weight excluding hydrogens is 248 g/mol. The van der Waals surface area contributed by atoms with Crippen molar-refractivity contribution in [1.82, 2.24) is 5.32 Å². The van der Waals surface area contributed by atoms with E-state index in [9.17, 15) is 8.78 Å². The maximum Gasteiger partial charge on any atom is 0.133 e. The van der Waals surface area contributed by atoms with Crippen molar-refractivity contribution in [2.75, 3.05) is 7.05 Å². The van der Waals surface area contributed by atoms with Gasteiger partial charge in [-0.05, 0) is 31.7 Å². The van der Waals surface area contributed by atoms with Gasteiger partial charge in [-0.1, -0.05) is 12.1 Å². The lowest BCUT2D eigenvalue weighted by Gasteiger charge is -2.11. The Morgan fingerprint density at radius 2 is 1.53 bits per heavy atom. The van der Waals surface area contributed by atoms with E-state index in [1.807, 2.05) is 26.1 Å². The molecule has 0 aromatic heterocycles. The summed E-state index contributed by atoms with van der Waals surface area (Å²) >= 11 is 0. The maximum atomic E-state index is 13.0. The first-order chi connectivity index (χ1) is 9.08. The minimum Gasteiger partial charge on any atom is -0.457 e. The van der Waals surface area contributed by atoms with Gasteiger partial charge in [0.2, 0.25) is 0 Å². The summed E-state index contributed by atoms with van der Waals surface area (Å²) < 4.78 is 31.4. The summed E-state index contributed by atoms with van der Waals surface area (Å²) in [5.74, 6) is -0.630. The van der Waals surface area contributed by atoms with Gasteiger partial charge in [0.1, 0.15) is 23.1 Å². The zero-order valence-corrected chi connectivity index (χ0v) is 10.8. The molecule has 100 valence electrons. The van der Waals surface area contributed by atoms with Crippen molar-refractivity contribution in [3.8, 4) is 11.5 Å². The molecule has 0 aliphatic rings. The Morgan fingerprint density at radius 1 is 0.947 bits per heavy atom. The van der Waals surface area contributed by atoms with Crippen LogP contribution >= 0.6 is 0 Å². The van der Waals surface area contributed by atoms with Gasteiger partial charge >= 0.3 is 0 Å². The molecule has 1 atom stereocenters. The van der Waals surface area contributed by atoms with Crippen LogP contribution in [0, 0.1) is 11.6 Å². The van der Waals surface area contributed by atoms with Crippen molar-refractivity contribution in [1.29, 1.82) is 0 Å². The normalized spacial score (nSPS) is 12.2. The summed E-state index contributed by atoms with van der Waals surface area (Å²) in [5, 5.41) is 3.13. The highest BCUT2D eigenvalue weighted by Crippen LogP contribution is 2.24. The van der Waals surface area contributed by atoms with Gasteiger partial charge in [-0.15, -0.1) is 0 Å². The average Bonchev–Trinajstić information content (AvgIpc) is 2.37.